The Morgan fingerprint density at radius 3 is 1.96 bits per heavy atom. The summed E-state index contributed by atoms with van der Waals surface area (Å²) in [6, 6.07) is 2.76. The summed E-state index contributed by atoms with van der Waals surface area (Å²) in [6.07, 6.45) is 23.1. The van der Waals surface area contributed by atoms with Gasteiger partial charge in [0.2, 0.25) is 0 Å². The van der Waals surface area contributed by atoms with Crippen LogP contribution in [0.4, 0.5) is 0 Å². The molecule has 0 bridgehead atoms. The van der Waals surface area contributed by atoms with Crippen LogP contribution in [-0.4, -0.2) is 0 Å². The van der Waals surface area contributed by atoms with Gasteiger partial charge in [0.1, 0.15) is 0 Å². The molecule has 0 radical (unpaired) electrons. The molecule has 1 nitrogen and oxygen atoms in total. The van der Waals surface area contributed by atoms with Crippen LogP contribution in [0.25, 0.3) is 0 Å². The maximum Gasteiger partial charge on any atom is 0.0689 e. The first-order valence-corrected chi connectivity index (χ1v) is 11.6. The zero-order chi connectivity index (χ0) is 18.0. The highest BCUT2D eigenvalue weighted by Gasteiger charge is 2.38. The van der Waals surface area contributed by atoms with Crippen LogP contribution < -0.4 is 0 Å². The van der Waals surface area contributed by atoms with E-state index >= 15 is 0 Å². The molecule has 144 valence electrons. The van der Waals surface area contributed by atoms with Gasteiger partial charge in [0.25, 0.3) is 0 Å². The summed E-state index contributed by atoms with van der Waals surface area (Å²) in [6.45, 7) is 4.59. The van der Waals surface area contributed by atoms with Crippen molar-refractivity contribution in [3.8, 4) is 6.07 Å². The van der Waals surface area contributed by atoms with Gasteiger partial charge in [-0.15, -0.1) is 0 Å². The topological polar surface area (TPSA) is 23.8 Å². The minimum atomic E-state index is 0.0427. The third-order valence-corrected chi connectivity index (χ3v) is 7.51. The second-order valence-corrected chi connectivity index (χ2v) is 9.32. The lowest BCUT2D eigenvalue weighted by Gasteiger charge is -2.41. The van der Waals surface area contributed by atoms with Crippen molar-refractivity contribution in [1.82, 2.24) is 0 Å². The molecule has 0 amide bonds. The van der Waals surface area contributed by atoms with Crippen LogP contribution in [0.3, 0.4) is 0 Å². The maximum absolute atomic E-state index is 9.81. The number of nitrogens with zero attached hydrogens (tertiary/aromatic N) is 1. The van der Waals surface area contributed by atoms with Crippen molar-refractivity contribution in [2.45, 2.75) is 123 Å². The lowest BCUT2D eigenvalue weighted by atomic mass is 9.63. The molecule has 0 aromatic heterocycles. The smallest absolute Gasteiger partial charge is 0.0689 e. The molecule has 25 heavy (non-hydrogen) atoms. The molecule has 2 saturated carbocycles. The molecule has 2 aliphatic rings. The van der Waals surface area contributed by atoms with Gasteiger partial charge < -0.3 is 0 Å². The summed E-state index contributed by atoms with van der Waals surface area (Å²) in [5, 5.41) is 9.81. The first kappa shape index (κ1) is 20.8. The van der Waals surface area contributed by atoms with Gasteiger partial charge in [0.05, 0.1) is 11.5 Å². The Morgan fingerprint density at radius 2 is 1.36 bits per heavy atom. The van der Waals surface area contributed by atoms with Crippen molar-refractivity contribution < 1.29 is 0 Å². The summed E-state index contributed by atoms with van der Waals surface area (Å²) in [5.74, 6) is 2.95. The quantitative estimate of drug-likeness (QED) is 0.367. The highest BCUT2D eigenvalue weighted by atomic mass is 14.4. The summed E-state index contributed by atoms with van der Waals surface area (Å²) in [5.41, 5.74) is 0.0427. The molecule has 2 aliphatic carbocycles. The molecule has 2 fully saturated rings. The Labute approximate surface area is 158 Å². The van der Waals surface area contributed by atoms with E-state index in [1.807, 2.05) is 0 Å². The van der Waals surface area contributed by atoms with E-state index in [1.165, 1.54) is 109 Å². The molecule has 0 aromatic carbocycles. The predicted molar refractivity (Wildman–Crippen MR) is 108 cm³/mol. The average Bonchev–Trinajstić information content (AvgIpc) is 2.67. The van der Waals surface area contributed by atoms with Gasteiger partial charge in [-0.3, -0.25) is 0 Å². The predicted octanol–water partition coefficient (Wildman–Crippen LogP) is 8.04. The molecular weight excluding hydrogens is 302 g/mol. The Hall–Kier alpha value is -0.510. The van der Waals surface area contributed by atoms with Crippen molar-refractivity contribution in [2.24, 2.45) is 23.2 Å². The second-order valence-electron chi connectivity index (χ2n) is 9.32. The average molecular weight is 346 g/mol. The fourth-order valence-corrected chi connectivity index (χ4v) is 5.59. The van der Waals surface area contributed by atoms with Gasteiger partial charge in [-0.25, -0.2) is 0 Å². The van der Waals surface area contributed by atoms with Gasteiger partial charge in [-0.2, -0.15) is 5.26 Å². The van der Waals surface area contributed by atoms with Crippen molar-refractivity contribution in [3.63, 3.8) is 0 Å². The minimum Gasteiger partial charge on any atom is -0.198 e. The molecule has 0 aromatic rings. The van der Waals surface area contributed by atoms with Crippen molar-refractivity contribution >= 4 is 0 Å². The van der Waals surface area contributed by atoms with Crippen molar-refractivity contribution in [1.29, 1.82) is 5.26 Å². The lowest BCUT2D eigenvalue weighted by Crippen LogP contribution is -2.31. The molecule has 0 N–H and O–H groups in total. The fraction of sp³-hybridized carbons (Fsp3) is 0.958. The SMILES string of the molecule is CCCCCCC[C@]1(C#N)CC[C@@H](C2CCC(CCCC)CC2)CC1. The minimum absolute atomic E-state index is 0.0427. The van der Waals surface area contributed by atoms with E-state index < -0.39 is 0 Å². The van der Waals surface area contributed by atoms with Crippen molar-refractivity contribution in [3.05, 3.63) is 0 Å². The van der Waals surface area contributed by atoms with E-state index in [0.717, 1.165) is 17.8 Å². The first-order chi connectivity index (χ1) is 12.2. The van der Waals surface area contributed by atoms with Crippen LogP contribution in [0.15, 0.2) is 0 Å². The zero-order valence-corrected chi connectivity index (χ0v) is 17.2. The van der Waals surface area contributed by atoms with Crippen LogP contribution in [0.2, 0.25) is 0 Å². The second kappa shape index (κ2) is 11.3. The van der Waals surface area contributed by atoms with Crippen LogP contribution in [0.1, 0.15) is 123 Å². The highest BCUT2D eigenvalue weighted by Crippen LogP contribution is 2.47. The first-order valence-electron chi connectivity index (χ1n) is 11.6. The van der Waals surface area contributed by atoms with E-state index in [4.69, 9.17) is 0 Å². The Kier molecular flexibility index (Phi) is 9.36. The van der Waals surface area contributed by atoms with E-state index in [0.29, 0.717) is 0 Å². The Morgan fingerprint density at radius 1 is 0.760 bits per heavy atom. The van der Waals surface area contributed by atoms with Gasteiger partial charge in [0.15, 0.2) is 0 Å². The zero-order valence-electron chi connectivity index (χ0n) is 17.2. The number of hydrogen-bond acceptors (Lipinski definition) is 1. The van der Waals surface area contributed by atoms with Crippen LogP contribution >= 0.6 is 0 Å². The number of unbranched alkanes of at least 4 members (excludes halogenated alkanes) is 5. The van der Waals surface area contributed by atoms with E-state index in [1.54, 1.807) is 0 Å². The van der Waals surface area contributed by atoms with Gasteiger partial charge >= 0.3 is 0 Å². The van der Waals surface area contributed by atoms with Crippen LogP contribution in [0.5, 0.6) is 0 Å². The molecule has 1 heteroatoms. The number of nitriles is 1. The molecule has 0 spiro atoms. The van der Waals surface area contributed by atoms with Gasteiger partial charge in [-0.05, 0) is 62.7 Å². The van der Waals surface area contributed by atoms with Gasteiger partial charge in [-0.1, -0.05) is 78.1 Å². The van der Waals surface area contributed by atoms with E-state index in [9.17, 15) is 5.26 Å². The summed E-state index contributed by atoms with van der Waals surface area (Å²) in [4.78, 5) is 0. The Balaban J connectivity index is 1.68. The normalized spacial score (nSPS) is 33.1. The lowest BCUT2D eigenvalue weighted by molar-refractivity contribution is 0.114. The fourth-order valence-electron chi connectivity index (χ4n) is 5.59. The molecule has 0 atom stereocenters. The molecular formula is C24H43N. The molecule has 0 aliphatic heterocycles. The Bertz CT molecular complexity index is 377. The molecule has 2 rings (SSSR count). The highest BCUT2D eigenvalue weighted by molar-refractivity contribution is 5.02. The standard InChI is InChI=1S/C24H43N/c1-3-5-7-8-9-17-24(20-25)18-15-23(16-19-24)22-13-11-21(12-14-22)10-6-4-2/h21-23H,3-19H2,1-2H3/t21?,22?,23-,24+. The van der Waals surface area contributed by atoms with Gasteiger partial charge in [0, 0.05) is 0 Å². The maximum atomic E-state index is 9.81. The van der Waals surface area contributed by atoms with E-state index in [-0.39, 0.29) is 5.41 Å². The third-order valence-electron chi connectivity index (χ3n) is 7.51. The number of hydrogen-bond donors (Lipinski definition) is 0. The molecule has 0 heterocycles. The largest absolute Gasteiger partial charge is 0.198 e. The number of rotatable bonds is 10. The molecule has 0 saturated heterocycles. The monoisotopic (exact) mass is 345 g/mol. The summed E-state index contributed by atoms with van der Waals surface area (Å²) in [7, 11) is 0. The van der Waals surface area contributed by atoms with Crippen molar-refractivity contribution in [2.75, 3.05) is 0 Å². The summed E-state index contributed by atoms with van der Waals surface area (Å²) >= 11 is 0. The van der Waals surface area contributed by atoms with E-state index in [2.05, 4.69) is 19.9 Å². The summed E-state index contributed by atoms with van der Waals surface area (Å²) < 4.78 is 0. The van der Waals surface area contributed by atoms with Crippen LogP contribution in [-0.2, 0) is 0 Å². The van der Waals surface area contributed by atoms with Crippen LogP contribution in [0, 0.1) is 34.5 Å². The molecule has 0 unspecified atom stereocenters. The third kappa shape index (κ3) is 6.62.